The van der Waals surface area contributed by atoms with Crippen LogP contribution in [0.15, 0.2) is 76.2 Å². The van der Waals surface area contributed by atoms with Gasteiger partial charge in [0.2, 0.25) is 10.0 Å². The third-order valence-electron chi connectivity index (χ3n) is 5.17. The van der Waals surface area contributed by atoms with Gasteiger partial charge in [-0.2, -0.15) is 4.31 Å². The minimum atomic E-state index is -3.62. The summed E-state index contributed by atoms with van der Waals surface area (Å²) in [5.74, 6) is 0.368. The number of rotatable bonds is 5. The molecule has 1 aliphatic heterocycles. The van der Waals surface area contributed by atoms with E-state index < -0.39 is 10.0 Å². The Morgan fingerprint density at radius 1 is 1.03 bits per heavy atom. The molecule has 0 unspecified atom stereocenters. The van der Waals surface area contributed by atoms with Gasteiger partial charge in [0.15, 0.2) is 0 Å². The average Bonchev–Trinajstić information content (AvgIpc) is 3.28. The van der Waals surface area contributed by atoms with Gasteiger partial charge < -0.3 is 9.73 Å². The van der Waals surface area contributed by atoms with Crippen molar-refractivity contribution in [2.45, 2.75) is 30.8 Å². The smallest absolute Gasteiger partial charge is 0.251 e. The number of benzene rings is 2. The predicted molar refractivity (Wildman–Crippen MR) is 109 cm³/mol. The van der Waals surface area contributed by atoms with Crippen molar-refractivity contribution in [3.05, 3.63) is 89.4 Å². The fourth-order valence-electron chi connectivity index (χ4n) is 3.49. The standard InChI is InChI=1S/C22H22N2O4S/c1-16(21-7-4-14-28-21)23-22(25)18-8-10-20(11-9-18)29(26,27)24-13-12-17-5-2-3-6-19(17)15-24/h2-11,14,16H,12-13,15H2,1H3,(H,23,25)/t16-/m1/s1. The van der Waals surface area contributed by atoms with Crippen molar-refractivity contribution >= 4 is 15.9 Å². The Balaban J connectivity index is 1.48. The maximum Gasteiger partial charge on any atom is 0.251 e. The number of fused-ring (bicyclic) bond motifs is 1. The van der Waals surface area contributed by atoms with Crippen LogP contribution < -0.4 is 5.32 Å². The molecule has 1 aliphatic rings. The number of furan rings is 1. The van der Waals surface area contributed by atoms with Crippen molar-refractivity contribution in [2.75, 3.05) is 6.54 Å². The molecule has 2 aromatic carbocycles. The van der Waals surface area contributed by atoms with E-state index in [2.05, 4.69) is 5.32 Å². The molecular formula is C22H22N2O4S. The van der Waals surface area contributed by atoms with Crippen LogP contribution in [0.3, 0.4) is 0 Å². The minimum absolute atomic E-state index is 0.188. The molecule has 4 rings (SSSR count). The molecule has 0 saturated carbocycles. The van der Waals surface area contributed by atoms with Gasteiger partial charge in [-0.1, -0.05) is 24.3 Å². The van der Waals surface area contributed by atoms with Crippen molar-refractivity contribution in [3.63, 3.8) is 0 Å². The van der Waals surface area contributed by atoms with E-state index >= 15 is 0 Å². The van der Waals surface area contributed by atoms with Crippen LogP contribution in [0, 0.1) is 0 Å². The first-order chi connectivity index (χ1) is 13.9. The van der Waals surface area contributed by atoms with Crippen LogP contribution in [0.4, 0.5) is 0 Å². The third-order valence-corrected chi connectivity index (χ3v) is 7.03. The van der Waals surface area contributed by atoms with Gasteiger partial charge >= 0.3 is 0 Å². The van der Waals surface area contributed by atoms with Crippen LogP contribution in [0.25, 0.3) is 0 Å². The van der Waals surface area contributed by atoms with Gasteiger partial charge in [0.1, 0.15) is 5.76 Å². The Bertz CT molecular complexity index is 1110. The molecule has 0 aliphatic carbocycles. The molecule has 0 saturated heterocycles. The zero-order chi connectivity index (χ0) is 20.4. The Kier molecular flexibility index (Phi) is 5.25. The normalized spacial score (nSPS) is 15.5. The number of nitrogens with zero attached hydrogens (tertiary/aromatic N) is 1. The lowest BCUT2D eigenvalue weighted by molar-refractivity contribution is 0.0935. The summed E-state index contributed by atoms with van der Waals surface area (Å²) in [6.07, 6.45) is 2.25. The summed E-state index contributed by atoms with van der Waals surface area (Å²) in [5, 5.41) is 2.84. The van der Waals surface area contributed by atoms with Crippen molar-refractivity contribution < 1.29 is 17.6 Å². The molecule has 0 fully saturated rings. The first-order valence-corrected chi connectivity index (χ1v) is 10.9. The Morgan fingerprint density at radius 3 is 2.45 bits per heavy atom. The molecule has 2 heterocycles. The van der Waals surface area contributed by atoms with Gasteiger partial charge in [-0.15, -0.1) is 0 Å². The average molecular weight is 410 g/mol. The summed E-state index contributed by atoms with van der Waals surface area (Å²) in [6.45, 7) is 2.63. The molecule has 0 radical (unpaired) electrons. The summed E-state index contributed by atoms with van der Waals surface area (Å²) < 4.78 is 32.8. The minimum Gasteiger partial charge on any atom is -0.467 e. The monoisotopic (exact) mass is 410 g/mol. The fraction of sp³-hybridized carbons (Fsp3) is 0.227. The zero-order valence-corrected chi connectivity index (χ0v) is 16.9. The lowest BCUT2D eigenvalue weighted by Gasteiger charge is -2.28. The topological polar surface area (TPSA) is 79.6 Å². The molecule has 1 N–H and O–H groups in total. The number of carbonyl (C=O) groups excluding carboxylic acids is 1. The number of nitrogens with one attached hydrogen (secondary N) is 1. The molecule has 29 heavy (non-hydrogen) atoms. The highest BCUT2D eigenvalue weighted by molar-refractivity contribution is 7.89. The van der Waals surface area contributed by atoms with Crippen LogP contribution >= 0.6 is 0 Å². The molecule has 6 nitrogen and oxygen atoms in total. The number of hydrogen-bond donors (Lipinski definition) is 1. The van der Waals surface area contributed by atoms with Gasteiger partial charge in [0, 0.05) is 18.7 Å². The zero-order valence-electron chi connectivity index (χ0n) is 16.0. The summed E-state index contributed by atoms with van der Waals surface area (Å²) in [5.41, 5.74) is 2.62. The highest BCUT2D eigenvalue weighted by Gasteiger charge is 2.28. The second-order valence-electron chi connectivity index (χ2n) is 7.09. The highest BCUT2D eigenvalue weighted by atomic mass is 32.2. The van der Waals surface area contributed by atoms with Crippen LogP contribution in [0.2, 0.25) is 0 Å². The number of amides is 1. The van der Waals surface area contributed by atoms with Crippen LogP contribution in [-0.2, 0) is 23.0 Å². The molecule has 0 bridgehead atoms. The first kappa shape index (κ1) is 19.4. The van der Waals surface area contributed by atoms with Crippen LogP contribution in [-0.4, -0.2) is 25.2 Å². The van der Waals surface area contributed by atoms with E-state index in [4.69, 9.17) is 4.42 Å². The molecule has 7 heteroatoms. The molecular weight excluding hydrogens is 388 g/mol. The van der Waals surface area contributed by atoms with E-state index in [9.17, 15) is 13.2 Å². The third kappa shape index (κ3) is 3.97. The second-order valence-corrected chi connectivity index (χ2v) is 9.03. The first-order valence-electron chi connectivity index (χ1n) is 9.46. The number of hydrogen-bond acceptors (Lipinski definition) is 4. The summed E-state index contributed by atoms with van der Waals surface area (Å²) in [4.78, 5) is 12.6. The van der Waals surface area contributed by atoms with Gasteiger partial charge in [-0.3, -0.25) is 4.79 Å². The van der Waals surface area contributed by atoms with E-state index in [0.29, 0.717) is 30.8 Å². The van der Waals surface area contributed by atoms with Crippen molar-refractivity contribution in [1.29, 1.82) is 0 Å². The van der Waals surface area contributed by atoms with E-state index in [0.717, 1.165) is 5.56 Å². The maximum atomic E-state index is 13.0. The van der Waals surface area contributed by atoms with Crippen LogP contribution in [0.5, 0.6) is 0 Å². The van der Waals surface area contributed by atoms with E-state index in [1.54, 1.807) is 18.4 Å². The molecule has 1 amide bonds. The molecule has 1 aromatic heterocycles. The van der Waals surface area contributed by atoms with Gasteiger partial charge in [-0.05, 0) is 60.9 Å². The number of sulfonamides is 1. The van der Waals surface area contributed by atoms with Crippen molar-refractivity contribution in [3.8, 4) is 0 Å². The van der Waals surface area contributed by atoms with Gasteiger partial charge in [0.25, 0.3) is 5.91 Å². The lowest BCUT2D eigenvalue weighted by atomic mass is 10.0. The fourth-order valence-corrected chi connectivity index (χ4v) is 4.91. The summed E-state index contributed by atoms with van der Waals surface area (Å²) >= 11 is 0. The Morgan fingerprint density at radius 2 is 1.76 bits per heavy atom. The summed E-state index contributed by atoms with van der Waals surface area (Å²) in [7, 11) is -3.62. The Labute approximate surface area is 170 Å². The van der Waals surface area contributed by atoms with Crippen molar-refractivity contribution in [2.24, 2.45) is 0 Å². The van der Waals surface area contributed by atoms with Crippen molar-refractivity contribution in [1.82, 2.24) is 9.62 Å². The van der Waals surface area contributed by atoms with E-state index in [-0.39, 0.29) is 16.8 Å². The highest BCUT2D eigenvalue weighted by Crippen LogP contribution is 2.25. The van der Waals surface area contributed by atoms with Crippen LogP contribution in [0.1, 0.15) is 40.2 Å². The molecule has 150 valence electrons. The molecule has 0 spiro atoms. The quantitative estimate of drug-likeness (QED) is 0.698. The van der Waals surface area contributed by atoms with Gasteiger partial charge in [0.05, 0.1) is 17.2 Å². The maximum absolute atomic E-state index is 13.0. The Hall–Kier alpha value is -2.90. The van der Waals surface area contributed by atoms with E-state index in [1.165, 1.54) is 34.1 Å². The molecule has 3 aromatic rings. The van der Waals surface area contributed by atoms with Gasteiger partial charge in [-0.25, -0.2) is 8.42 Å². The largest absolute Gasteiger partial charge is 0.467 e. The van der Waals surface area contributed by atoms with E-state index in [1.807, 2.05) is 31.2 Å². The molecule has 1 atom stereocenters. The SMILES string of the molecule is C[C@@H](NC(=O)c1ccc(S(=O)(=O)N2CCc3ccccc3C2)cc1)c1ccco1. The lowest BCUT2D eigenvalue weighted by Crippen LogP contribution is -2.36. The second kappa shape index (κ2) is 7.85. The predicted octanol–water partition coefficient (Wildman–Crippen LogP) is 3.52. The number of carbonyl (C=O) groups is 1. The summed E-state index contributed by atoms with van der Waals surface area (Å²) in [6, 6.07) is 17.2.